The van der Waals surface area contributed by atoms with Gasteiger partial charge in [-0.25, -0.2) is 4.98 Å². The Bertz CT molecular complexity index is 882. The number of methoxy groups -OCH3 is 1. The van der Waals surface area contributed by atoms with Gasteiger partial charge in [0.2, 0.25) is 5.82 Å². The molecule has 2 aromatic rings. The maximum atomic E-state index is 11.3. The zero-order chi connectivity index (χ0) is 20.1. The van der Waals surface area contributed by atoms with E-state index in [1.807, 2.05) is 9.80 Å². The Kier molecular flexibility index (Phi) is 6.48. The second-order valence-corrected chi connectivity index (χ2v) is 7.03. The number of hydrogen-bond acceptors (Lipinski definition) is 6. The number of anilines is 2. The van der Waals surface area contributed by atoms with Crippen LogP contribution in [0.25, 0.3) is 0 Å². The van der Waals surface area contributed by atoms with Crippen molar-refractivity contribution in [3.05, 3.63) is 51.7 Å². The minimum Gasteiger partial charge on any atom is -0.495 e. The van der Waals surface area contributed by atoms with Gasteiger partial charge in [0, 0.05) is 43.5 Å². The van der Waals surface area contributed by atoms with Crippen LogP contribution in [0, 0.1) is 10.1 Å². The average molecular weight is 422 g/mol. The number of pyridine rings is 1. The van der Waals surface area contributed by atoms with Crippen LogP contribution in [0.5, 0.6) is 5.75 Å². The van der Waals surface area contributed by atoms with Crippen LogP contribution in [0.4, 0.5) is 17.2 Å². The lowest BCUT2D eigenvalue weighted by atomic mass is 10.3. The predicted octanol–water partition coefficient (Wildman–Crippen LogP) is 3.56. The molecule has 0 saturated carbocycles. The molecule has 1 N–H and O–H groups in total. The van der Waals surface area contributed by atoms with Crippen LogP contribution in [0.2, 0.25) is 5.02 Å². The molecule has 1 aromatic heterocycles. The van der Waals surface area contributed by atoms with Gasteiger partial charge in [0.25, 0.3) is 0 Å². The molecule has 8 nitrogen and oxygen atoms in total. The van der Waals surface area contributed by atoms with Gasteiger partial charge in [-0.15, -0.1) is 0 Å². The molecule has 0 bridgehead atoms. The van der Waals surface area contributed by atoms with E-state index < -0.39 is 4.92 Å². The van der Waals surface area contributed by atoms with Gasteiger partial charge in [-0.1, -0.05) is 11.6 Å². The monoisotopic (exact) mass is 421 g/mol. The maximum absolute atomic E-state index is 11.3. The van der Waals surface area contributed by atoms with Crippen LogP contribution >= 0.6 is 23.8 Å². The molecule has 0 atom stereocenters. The summed E-state index contributed by atoms with van der Waals surface area (Å²) in [5.41, 5.74) is 0.710. The predicted molar refractivity (Wildman–Crippen MR) is 114 cm³/mol. The van der Waals surface area contributed by atoms with Crippen molar-refractivity contribution in [2.45, 2.75) is 6.42 Å². The molecular formula is C18H20ClN5O3S. The van der Waals surface area contributed by atoms with Gasteiger partial charge in [0.05, 0.1) is 17.7 Å². The summed E-state index contributed by atoms with van der Waals surface area (Å²) < 4.78 is 5.34. The van der Waals surface area contributed by atoms with Crippen LogP contribution in [-0.4, -0.2) is 53.2 Å². The summed E-state index contributed by atoms with van der Waals surface area (Å²) in [5, 5.41) is 15.6. The summed E-state index contributed by atoms with van der Waals surface area (Å²) in [7, 11) is 1.58. The Balaban J connectivity index is 1.70. The van der Waals surface area contributed by atoms with Gasteiger partial charge in [0.1, 0.15) is 5.75 Å². The Hall–Kier alpha value is -2.65. The first kappa shape index (κ1) is 20.1. The van der Waals surface area contributed by atoms with E-state index in [1.165, 1.54) is 6.07 Å². The van der Waals surface area contributed by atoms with Crippen molar-refractivity contribution in [1.82, 2.24) is 9.88 Å². The van der Waals surface area contributed by atoms with Crippen molar-refractivity contribution in [1.29, 1.82) is 0 Å². The van der Waals surface area contributed by atoms with Gasteiger partial charge in [-0.05, 0) is 42.9 Å². The molecule has 148 valence electrons. The summed E-state index contributed by atoms with van der Waals surface area (Å²) in [6, 6.07) is 8.33. The van der Waals surface area contributed by atoms with E-state index in [9.17, 15) is 10.1 Å². The lowest BCUT2D eigenvalue weighted by Crippen LogP contribution is -2.38. The molecule has 1 aliphatic rings. The van der Waals surface area contributed by atoms with Crippen LogP contribution in [0.15, 0.2) is 36.5 Å². The van der Waals surface area contributed by atoms with Crippen LogP contribution in [0.1, 0.15) is 6.42 Å². The fraction of sp³-hybridized carbons (Fsp3) is 0.333. The third kappa shape index (κ3) is 4.60. The first-order valence-corrected chi connectivity index (χ1v) is 9.52. The van der Waals surface area contributed by atoms with E-state index in [4.69, 9.17) is 28.6 Å². The number of nitrogens with one attached hydrogen (secondary N) is 1. The molecular weight excluding hydrogens is 402 g/mol. The lowest BCUT2D eigenvalue weighted by molar-refractivity contribution is -0.384. The SMILES string of the molecule is COc1ccc(Cl)cc1NC(=S)N1CCCN(c2ncccc2[N+](=O)[O-])CC1. The van der Waals surface area contributed by atoms with E-state index in [1.54, 1.807) is 37.6 Å². The number of ether oxygens (including phenoxy) is 1. The summed E-state index contributed by atoms with van der Waals surface area (Å²) in [6.45, 7) is 2.58. The number of nitro groups is 1. The molecule has 0 radical (unpaired) electrons. The number of thiocarbonyl (C=S) groups is 1. The largest absolute Gasteiger partial charge is 0.495 e. The van der Waals surface area contributed by atoms with E-state index in [0.717, 1.165) is 13.0 Å². The molecule has 28 heavy (non-hydrogen) atoms. The van der Waals surface area contributed by atoms with E-state index in [2.05, 4.69) is 10.3 Å². The number of rotatable bonds is 4. The van der Waals surface area contributed by atoms with E-state index in [-0.39, 0.29) is 5.69 Å². The maximum Gasteiger partial charge on any atom is 0.311 e. The quantitative estimate of drug-likeness (QED) is 0.455. The van der Waals surface area contributed by atoms with Crippen molar-refractivity contribution < 1.29 is 9.66 Å². The van der Waals surface area contributed by atoms with Gasteiger partial charge in [-0.2, -0.15) is 0 Å². The summed E-state index contributed by atoms with van der Waals surface area (Å²) in [6.07, 6.45) is 2.37. The highest BCUT2D eigenvalue weighted by atomic mass is 35.5. The van der Waals surface area contributed by atoms with Crippen LogP contribution in [-0.2, 0) is 0 Å². The van der Waals surface area contributed by atoms with Gasteiger partial charge in [-0.3, -0.25) is 10.1 Å². The molecule has 10 heteroatoms. The molecule has 1 fully saturated rings. The normalized spacial score (nSPS) is 14.4. The smallest absolute Gasteiger partial charge is 0.311 e. The molecule has 0 spiro atoms. The van der Waals surface area contributed by atoms with Gasteiger partial charge >= 0.3 is 5.69 Å². The second kappa shape index (κ2) is 9.03. The minimum atomic E-state index is -0.400. The van der Waals surface area contributed by atoms with Gasteiger partial charge in [0.15, 0.2) is 5.11 Å². The molecule has 0 unspecified atom stereocenters. The molecule has 1 aromatic carbocycles. The van der Waals surface area contributed by atoms with Crippen molar-refractivity contribution in [3.63, 3.8) is 0 Å². The lowest BCUT2D eigenvalue weighted by Gasteiger charge is -2.25. The molecule has 0 amide bonds. The number of halogens is 1. The van der Waals surface area contributed by atoms with Crippen LogP contribution in [0.3, 0.4) is 0 Å². The molecule has 0 aliphatic carbocycles. The van der Waals surface area contributed by atoms with E-state index in [0.29, 0.717) is 47.0 Å². The highest BCUT2D eigenvalue weighted by Crippen LogP contribution is 2.29. The van der Waals surface area contributed by atoms with Crippen LogP contribution < -0.4 is 15.0 Å². The van der Waals surface area contributed by atoms with E-state index >= 15 is 0 Å². The number of benzene rings is 1. The zero-order valence-electron chi connectivity index (χ0n) is 15.3. The van der Waals surface area contributed by atoms with Gasteiger partial charge < -0.3 is 19.9 Å². The summed E-state index contributed by atoms with van der Waals surface area (Å²) in [5.74, 6) is 1.04. The topological polar surface area (TPSA) is 83.8 Å². The Morgan fingerprint density at radius 2 is 2.14 bits per heavy atom. The van der Waals surface area contributed by atoms with Crippen molar-refractivity contribution in [2.75, 3.05) is 43.5 Å². The zero-order valence-corrected chi connectivity index (χ0v) is 16.9. The third-order valence-corrected chi connectivity index (χ3v) is 5.04. The second-order valence-electron chi connectivity index (χ2n) is 6.21. The molecule has 3 rings (SSSR count). The summed E-state index contributed by atoms with van der Waals surface area (Å²) in [4.78, 5) is 19.1. The fourth-order valence-electron chi connectivity index (χ4n) is 3.08. The summed E-state index contributed by atoms with van der Waals surface area (Å²) >= 11 is 11.6. The highest BCUT2D eigenvalue weighted by Gasteiger charge is 2.24. The standard InChI is InChI=1S/C18H20ClN5O3S/c1-27-16-6-5-13(19)12-14(16)21-18(28)23-9-3-8-22(10-11-23)17-15(24(25)26)4-2-7-20-17/h2,4-7,12H,3,8-11H2,1H3,(H,21,28). The van der Waals surface area contributed by atoms with Crippen molar-refractivity contribution >= 4 is 46.1 Å². The minimum absolute atomic E-state index is 0.0142. The number of hydrogen-bond donors (Lipinski definition) is 1. The van der Waals surface area contributed by atoms with Crippen molar-refractivity contribution in [2.24, 2.45) is 0 Å². The first-order chi connectivity index (χ1) is 13.5. The first-order valence-electron chi connectivity index (χ1n) is 8.73. The molecule has 1 saturated heterocycles. The Morgan fingerprint density at radius 1 is 1.32 bits per heavy atom. The Labute approximate surface area is 173 Å². The fourth-order valence-corrected chi connectivity index (χ4v) is 3.54. The molecule has 1 aliphatic heterocycles. The third-order valence-electron chi connectivity index (χ3n) is 4.45. The van der Waals surface area contributed by atoms with Crippen molar-refractivity contribution in [3.8, 4) is 5.75 Å². The molecule has 2 heterocycles. The average Bonchev–Trinajstić information content (AvgIpc) is 2.94. The number of aromatic nitrogens is 1. The Morgan fingerprint density at radius 3 is 2.89 bits per heavy atom. The highest BCUT2D eigenvalue weighted by molar-refractivity contribution is 7.80. The number of nitrogens with zero attached hydrogens (tertiary/aromatic N) is 4.